The maximum absolute atomic E-state index is 12.5. The summed E-state index contributed by atoms with van der Waals surface area (Å²) in [6, 6.07) is 8.10. The van der Waals surface area contributed by atoms with Crippen LogP contribution in [-0.4, -0.2) is 29.5 Å². The predicted molar refractivity (Wildman–Crippen MR) is 103 cm³/mol. The second-order valence-corrected chi connectivity index (χ2v) is 7.77. The number of nitrogens with zero attached hydrogens (tertiary/aromatic N) is 1. The van der Waals surface area contributed by atoms with E-state index in [0.29, 0.717) is 16.1 Å². The van der Waals surface area contributed by atoms with Gasteiger partial charge >= 0.3 is 6.18 Å². The Morgan fingerprint density at radius 3 is 2.64 bits per heavy atom. The summed E-state index contributed by atoms with van der Waals surface area (Å²) in [6.45, 7) is 0.296. The van der Waals surface area contributed by atoms with Gasteiger partial charge in [0.15, 0.2) is 0 Å². The fourth-order valence-corrected chi connectivity index (χ4v) is 3.87. The molecule has 0 bridgehead atoms. The Morgan fingerprint density at radius 1 is 1.18 bits per heavy atom. The van der Waals surface area contributed by atoms with E-state index in [2.05, 4.69) is 10.3 Å². The number of aromatic nitrogens is 1. The van der Waals surface area contributed by atoms with Crippen molar-refractivity contribution in [3.8, 4) is 9.88 Å². The number of benzene rings is 1. The summed E-state index contributed by atoms with van der Waals surface area (Å²) < 4.78 is 36.8. The molecule has 146 valence electrons. The van der Waals surface area contributed by atoms with Gasteiger partial charge in [0, 0.05) is 11.3 Å². The highest BCUT2D eigenvalue weighted by Gasteiger charge is 2.28. The van der Waals surface area contributed by atoms with Gasteiger partial charge in [-0.15, -0.1) is 22.7 Å². The van der Waals surface area contributed by atoms with E-state index in [4.69, 9.17) is 0 Å². The molecular weight excluding hydrogens is 411 g/mol. The number of carbonyl (C=O) groups excluding carboxylic acids is 2. The first-order valence-electron chi connectivity index (χ1n) is 7.99. The zero-order chi connectivity index (χ0) is 20.3. The largest absolute Gasteiger partial charge is 0.405 e. The van der Waals surface area contributed by atoms with Crippen molar-refractivity contribution >= 4 is 40.2 Å². The Kier molecular flexibility index (Phi) is 5.80. The Bertz CT molecular complexity index is 998. The van der Waals surface area contributed by atoms with Crippen LogP contribution in [0.1, 0.15) is 25.6 Å². The van der Waals surface area contributed by atoms with Gasteiger partial charge in [-0.1, -0.05) is 12.1 Å². The minimum Gasteiger partial charge on any atom is -0.343 e. The molecule has 0 atom stereocenters. The number of nitrogens with one attached hydrogen (secondary N) is 2. The van der Waals surface area contributed by atoms with Crippen LogP contribution in [0.4, 0.5) is 18.9 Å². The van der Waals surface area contributed by atoms with Gasteiger partial charge in [-0.25, -0.2) is 4.98 Å². The molecule has 3 rings (SSSR count). The molecule has 3 aromatic rings. The molecule has 0 aliphatic rings. The predicted octanol–water partition coefficient (Wildman–Crippen LogP) is 4.72. The van der Waals surface area contributed by atoms with Crippen molar-refractivity contribution in [2.24, 2.45) is 0 Å². The van der Waals surface area contributed by atoms with Crippen molar-refractivity contribution < 1.29 is 22.8 Å². The fourth-order valence-electron chi connectivity index (χ4n) is 2.26. The van der Waals surface area contributed by atoms with Gasteiger partial charge in [-0.3, -0.25) is 9.59 Å². The number of halogens is 3. The molecule has 0 radical (unpaired) electrons. The number of thiazole rings is 1. The third-order valence-corrected chi connectivity index (χ3v) is 5.69. The van der Waals surface area contributed by atoms with Crippen molar-refractivity contribution in [3.63, 3.8) is 0 Å². The number of hydrogen-bond donors (Lipinski definition) is 2. The van der Waals surface area contributed by atoms with E-state index in [1.807, 2.05) is 17.5 Å². The van der Waals surface area contributed by atoms with Crippen molar-refractivity contribution in [2.45, 2.75) is 13.1 Å². The van der Waals surface area contributed by atoms with Crippen LogP contribution >= 0.6 is 22.7 Å². The Balaban J connectivity index is 1.73. The average molecular weight is 425 g/mol. The van der Waals surface area contributed by atoms with Gasteiger partial charge in [0.2, 0.25) is 0 Å². The minimum atomic E-state index is -4.50. The molecule has 2 N–H and O–H groups in total. The van der Waals surface area contributed by atoms with E-state index in [1.54, 1.807) is 18.3 Å². The molecule has 0 saturated carbocycles. The summed E-state index contributed by atoms with van der Waals surface area (Å²) in [6.07, 6.45) is -3.03. The Hall–Kier alpha value is -2.72. The molecule has 0 aliphatic carbocycles. The third kappa shape index (κ3) is 4.96. The normalized spacial score (nSPS) is 11.3. The molecule has 0 aliphatic heterocycles. The molecule has 5 nitrogen and oxygen atoms in total. The first-order valence-corrected chi connectivity index (χ1v) is 9.69. The van der Waals surface area contributed by atoms with Gasteiger partial charge in [-0.05, 0) is 36.1 Å². The lowest BCUT2D eigenvalue weighted by Crippen LogP contribution is -2.33. The van der Waals surface area contributed by atoms with Crippen molar-refractivity contribution in [3.05, 3.63) is 57.9 Å². The molecule has 0 saturated heterocycles. The third-order valence-electron chi connectivity index (χ3n) is 3.66. The Morgan fingerprint density at radius 2 is 1.96 bits per heavy atom. The zero-order valence-corrected chi connectivity index (χ0v) is 16.1. The lowest BCUT2D eigenvalue weighted by atomic mass is 10.1. The summed E-state index contributed by atoms with van der Waals surface area (Å²) in [7, 11) is 0. The van der Waals surface area contributed by atoms with Gasteiger partial charge in [0.1, 0.15) is 16.4 Å². The summed E-state index contributed by atoms with van der Waals surface area (Å²) in [5.41, 5.74) is 1.04. The van der Waals surface area contributed by atoms with Crippen molar-refractivity contribution in [1.82, 2.24) is 10.3 Å². The number of hydrogen-bond acceptors (Lipinski definition) is 5. The molecule has 0 fully saturated rings. The topological polar surface area (TPSA) is 71.1 Å². The molecule has 2 heterocycles. The minimum absolute atomic E-state index is 0.0220. The van der Waals surface area contributed by atoms with Gasteiger partial charge in [0.25, 0.3) is 11.8 Å². The maximum atomic E-state index is 12.5. The van der Waals surface area contributed by atoms with Crippen LogP contribution < -0.4 is 10.6 Å². The van der Waals surface area contributed by atoms with Gasteiger partial charge in [0.05, 0.1) is 11.1 Å². The molecule has 2 amide bonds. The van der Waals surface area contributed by atoms with Crippen LogP contribution in [-0.2, 0) is 0 Å². The van der Waals surface area contributed by atoms with E-state index >= 15 is 0 Å². The number of rotatable bonds is 5. The van der Waals surface area contributed by atoms with Crippen LogP contribution in [0.3, 0.4) is 0 Å². The van der Waals surface area contributed by atoms with E-state index in [0.717, 1.165) is 9.88 Å². The lowest BCUT2D eigenvalue weighted by molar-refractivity contribution is -0.123. The highest BCUT2D eigenvalue weighted by atomic mass is 32.1. The van der Waals surface area contributed by atoms with Gasteiger partial charge in [-0.2, -0.15) is 13.2 Å². The molecule has 10 heteroatoms. The standard InChI is InChI=1S/C18H14F3N3O2S2/c1-10-4-5-11(15(25)23-9-18(19,20)21)7-12(10)24-16(26)14-8-22-17(28-14)13-3-2-6-27-13/h2-8H,9H2,1H3,(H,23,25)(H,24,26). The number of alkyl halides is 3. The van der Waals surface area contributed by atoms with Crippen LogP contribution in [0, 0.1) is 6.92 Å². The van der Waals surface area contributed by atoms with Crippen molar-refractivity contribution in [1.29, 1.82) is 0 Å². The summed E-state index contributed by atoms with van der Waals surface area (Å²) in [5, 5.41) is 7.12. The first-order chi connectivity index (χ1) is 13.2. The molecular formula is C18H14F3N3O2S2. The number of aryl methyl sites for hydroxylation is 1. The molecule has 2 aromatic heterocycles. The van der Waals surface area contributed by atoms with Gasteiger partial charge < -0.3 is 10.6 Å². The molecule has 28 heavy (non-hydrogen) atoms. The maximum Gasteiger partial charge on any atom is 0.405 e. The zero-order valence-electron chi connectivity index (χ0n) is 14.5. The van der Waals surface area contributed by atoms with E-state index in [-0.39, 0.29) is 5.56 Å². The second-order valence-electron chi connectivity index (χ2n) is 5.79. The SMILES string of the molecule is Cc1ccc(C(=O)NCC(F)(F)F)cc1NC(=O)c1cnc(-c2cccs2)s1. The summed E-state index contributed by atoms with van der Waals surface area (Å²) >= 11 is 2.74. The van der Waals surface area contributed by atoms with Crippen molar-refractivity contribution in [2.75, 3.05) is 11.9 Å². The van der Waals surface area contributed by atoms with E-state index in [9.17, 15) is 22.8 Å². The smallest absolute Gasteiger partial charge is 0.343 e. The summed E-state index contributed by atoms with van der Waals surface area (Å²) in [5.74, 6) is -1.28. The van der Waals surface area contributed by atoms with Crippen LogP contribution in [0.5, 0.6) is 0 Å². The highest BCUT2D eigenvalue weighted by molar-refractivity contribution is 7.22. The van der Waals surface area contributed by atoms with Crippen LogP contribution in [0.25, 0.3) is 9.88 Å². The van der Waals surface area contributed by atoms with E-state index in [1.165, 1.54) is 41.0 Å². The number of carbonyl (C=O) groups is 2. The molecule has 0 spiro atoms. The van der Waals surface area contributed by atoms with Crippen LogP contribution in [0.15, 0.2) is 41.9 Å². The second kappa shape index (κ2) is 8.11. The highest BCUT2D eigenvalue weighted by Crippen LogP contribution is 2.29. The average Bonchev–Trinajstić information content (AvgIpc) is 3.32. The first kappa shape index (κ1) is 20.0. The quantitative estimate of drug-likeness (QED) is 0.621. The number of anilines is 1. The van der Waals surface area contributed by atoms with Crippen LogP contribution in [0.2, 0.25) is 0 Å². The van der Waals surface area contributed by atoms with E-state index < -0.39 is 24.5 Å². The summed E-state index contributed by atoms with van der Waals surface area (Å²) in [4.78, 5) is 30.0. The number of amides is 2. The fraction of sp³-hybridized carbons (Fsp3) is 0.167. The Labute approximate surface area is 166 Å². The number of thiophene rings is 1. The monoisotopic (exact) mass is 425 g/mol. The lowest BCUT2D eigenvalue weighted by Gasteiger charge is -2.11. The molecule has 0 unspecified atom stereocenters. The molecule has 1 aromatic carbocycles.